The predicted molar refractivity (Wildman–Crippen MR) is 79.7 cm³/mol. The number of aromatic nitrogens is 1. The van der Waals surface area contributed by atoms with Gasteiger partial charge in [-0.25, -0.2) is 4.98 Å². The number of carbonyl (C=O) groups is 1. The molecule has 2 rings (SSSR count). The summed E-state index contributed by atoms with van der Waals surface area (Å²) in [6.45, 7) is 1.07. The van der Waals surface area contributed by atoms with Crippen LogP contribution < -0.4 is 4.90 Å². The fraction of sp³-hybridized carbons (Fsp3) is 0.333. The summed E-state index contributed by atoms with van der Waals surface area (Å²) >= 11 is 8.82. The number of anilines is 1. The minimum absolute atomic E-state index is 0.350. The summed E-state index contributed by atoms with van der Waals surface area (Å²) in [6.07, 6.45) is 0.825. The van der Waals surface area contributed by atoms with Crippen molar-refractivity contribution in [3.63, 3.8) is 0 Å². The van der Waals surface area contributed by atoms with Gasteiger partial charge in [0.25, 0.3) is 0 Å². The molecule has 0 unspecified atom stereocenters. The van der Waals surface area contributed by atoms with E-state index in [1.54, 1.807) is 18.4 Å². The van der Waals surface area contributed by atoms with Gasteiger partial charge in [0, 0.05) is 19.0 Å². The molecular weight excluding hydrogens is 304 g/mol. The Labute approximate surface area is 124 Å². The van der Waals surface area contributed by atoms with Gasteiger partial charge in [0.2, 0.25) is 0 Å². The fourth-order valence-corrected chi connectivity index (χ4v) is 3.57. The molecule has 4 nitrogen and oxygen atoms in total. The summed E-state index contributed by atoms with van der Waals surface area (Å²) in [6, 6.07) is 3.87. The molecule has 0 aromatic carbocycles. The van der Waals surface area contributed by atoms with Gasteiger partial charge in [-0.1, -0.05) is 22.9 Å². The average Bonchev–Trinajstić information content (AvgIpc) is 2.96. The summed E-state index contributed by atoms with van der Waals surface area (Å²) < 4.78 is 5.81. The number of carbonyl (C=O) groups excluding carboxylic acids is 1. The van der Waals surface area contributed by atoms with Crippen molar-refractivity contribution in [2.24, 2.45) is 0 Å². The molecule has 0 N–H and O–H groups in total. The topological polar surface area (TPSA) is 42.4 Å². The summed E-state index contributed by atoms with van der Waals surface area (Å²) in [5, 5.41) is 0.804. The highest BCUT2D eigenvalue weighted by atomic mass is 35.5. The molecule has 19 heavy (non-hydrogen) atoms. The van der Waals surface area contributed by atoms with E-state index in [9.17, 15) is 4.79 Å². The molecular formula is C12H13ClN2O2S2. The van der Waals surface area contributed by atoms with Crippen molar-refractivity contribution in [2.75, 3.05) is 19.1 Å². The van der Waals surface area contributed by atoms with E-state index in [0.29, 0.717) is 17.2 Å². The molecule has 0 spiro atoms. The highest BCUT2D eigenvalue weighted by Gasteiger charge is 2.14. The van der Waals surface area contributed by atoms with E-state index in [1.165, 1.54) is 11.3 Å². The van der Waals surface area contributed by atoms with Crippen LogP contribution in [-0.4, -0.2) is 25.4 Å². The molecule has 0 saturated heterocycles. The van der Waals surface area contributed by atoms with Crippen molar-refractivity contribution in [1.29, 1.82) is 0 Å². The number of rotatable bonds is 6. The van der Waals surface area contributed by atoms with Crippen LogP contribution in [-0.2, 0) is 17.9 Å². The third kappa shape index (κ3) is 3.54. The minimum atomic E-state index is 0.350. The van der Waals surface area contributed by atoms with Crippen LogP contribution in [0.15, 0.2) is 12.1 Å². The number of ether oxygens (including phenoxy) is 1. The molecule has 2 aromatic rings. The minimum Gasteiger partial charge on any atom is -0.378 e. The molecule has 0 aliphatic carbocycles. The highest BCUT2D eigenvalue weighted by molar-refractivity contribution is 7.17. The van der Waals surface area contributed by atoms with Gasteiger partial charge in [-0.05, 0) is 12.1 Å². The van der Waals surface area contributed by atoms with Crippen LogP contribution in [0.3, 0.4) is 0 Å². The molecule has 0 atom stereocenters. The lowest BCUT2D eigenvalue weighted by molar-refractivity contribution is 0.112. The van der Waals surface area contributed by atoms with E-state index in [4.69, 9.17) is 16.3 Å². The third-order valence-electron chi connectivity index (χ3n) is 2.45. The summed E-state index contributed by atoms with van der Waals surface area (Å²) in [7, 11) is 3.53. The standard InChI is InChI=1S/C12H13ClN2O2S2/c1-15(5-8-3-4-11(13)18-8)12-14-9(7-17-2)10(6-16)19-12/h3-4,6H,5,7H2,1-2H3. The first-order chi connectivity index (χ1) is 9.13. The lowest BCUT2D eigenvalue weighted by atomic mass is 10.4. The summed E-state index contributed by atoms with van der Waals surface area (Å²) in [5.41, 5.74) is 0.688. The van der Waals surface area contributed by atoms with E-state index >= 15 is 0 Å². The molecule has 2 aromatic heterocycles. The fourth-order valence-electron chi connectivity index (χ4n) is 1.58. The van der Waals surface area contributed by atoms with Crippen LogP contribution in [0.2, 0.25) is 4.34 Å². The number of nitrogens with zero attached hydrogens (tertiary/aromatic N) is 2. The SMILES string of the molecule is COCc1nc(N(C)Cc2ccc(Cl)s2)sc1C=O. The van der Waals surface area contributed by atoms with Crippen LogP contribution >= 0.6 is 34.3 Å². The second-order valence-electron chi connectivity index (χ2n) is 3.92. The lowest BCUT2D eigenvalue weighted by Crippen LogP contribution is -2.15. The average molecular weight is 317 g/mol. The quantitative estimate of drug-likeness (QED) is 0.765. The monoisotopic (exact) mass is 316 g/mol. The Morgan fingerprint density at radius 3 is 2.84 bits per heavy atom. The van der Waals surface area contributed by atoms with Gasteiger partial charge in [0.05, 0.1) is 28.1 Å². The van der Waals surface area contributed by atoms with Gasteiger partial charge in [-0.3, -0.25) is 4.79 Å². The first-order valence-corrected chi connectivity index (χ1v) is 7.54. The van der Waals surface area contributed by atoms with E-state index in [0.717, 1.165) is 27.2 Å². The smallest absolute Gasteiger partial charge is 0.186 e. The molecule has 0 aliphatic heterocycles. The van der Waals surface area contributed by atoms with E-state index in [-0.39, 0.29) is 0 Å². The Kier molecular flexibility index (Phi) is 4.93. The predicted octanol–water partition coefficient (Wildman–Crippen LogP) is 3.45. The van der Waals surface area contributed by atoms with E-state index < -0.39 is 0 Å². The molecule has 2 heterocycles. The zero-order valence-corrected chi connectivity index (χ0v) is 12.9. The first kappa shape index (κ1) is 14.5. The van der Waals surface area contributed by atoms with Gasteiger partial charge >= 0.3 is 0 Å². The Balaban J connectivity index is 2.14. The molecule has 0 radical (unpaired) electrons. The van der Waals surface area contributed by atoms with Crippen molar-refractivity contribution in [3.8, 4) is 0 Å². The van der Waals surface area contributed by atoms with Crippen molar-refractivity contribution < 1.29 is 9.53 Å². The second kappa shape index (κ2) is 6.47. The van der Waals surface area contributed by atoms with Crippen LogP contribution in [0.1, 0.15) is 20.2 Å². The lowest BCUT2D eigenvalue weighted by Gasteiger charge is -2.13. The van der Waals surface area contributed by atoms with Gasteiger partial charge in [-0.15, -0.1) is 11.3 Å². The van der Waals surface area contributed by atoms with Crippen LogP contribution in [0, 0.1) is 0 Å². The Bertz CT molecular complexity index is 568. The van der Waals surface area contributed by atoms with Gasteiger partial charge in [0.1, 0.15) is 0 Å². The summed E-state index contributed by atoms with van der Waals surface area (Å²) in [5.74, 6) is 0. The van der Waals surface area contributed by atoms with Crippen LogP contribution in [0.4, 0.5) is 5.13 Å². The van der Waals surface area contributed by atoms with Crippen LogP contribution in [0.5, 0.6) is 0 Å². The third-order valence-corrected chi connectivity index (χ3v) is 4.81. The molecule has 102 valence electrons. The van der Waals surface area contributed by atoms with Crippen LogP contribution in [0.25, 0.3) is 0 Å². The first-order valence-electron chi connectivity index (χ1n) is 5.53. The van der Waals surface area contributed by atoms with Crippen molar-refractivity contribution in [3.05, 3.63) is 31.9 Å². The van der Waals surface area contributed by atoms with E-state index in [2.05, 4.69) is 4.98 Å². The second-order valence-corrected chi connectivity index (χ2v) is 6.73. The van der Waals surface area contributed by atoms with Crippen molar-refractivity contribution >= 4 is 45.7 Å². The molecule has 0 saturated carbocycles. The largest absolute Gasteiger partial charge is 0.378 e. The maximum Gasteiger partial charge on any atom is 0.186 e. The number of hydrogen-bond donors (Lipinski definition) is 0. The highest BCUT2D eigenvalue weighted by Crippen LogP contribution is 2.28. The number of aldehydes is 1. The molecule has 7 heteroatoms. The molecule has 0 aliphatic rings. The Hall–Kier alpha value is -0.950. The molecule has 0 amide bonds. The zero-order chi connectivity index (χ0) is 13.8. The maximum atomic E-state index is 11.0. The number of hydrogen-bond acceptors (Lipinski definition) is 6. The molecule has 0 fully saturated rings. The zero-order valence-electron chi connectivity index (χ0n) is 10.6. The summed E-state index contributed by atoms with van der Waals surface area (Å²) in [4.78, 5) is 19.2. The Morgan fingerprint density at radius 2 is 2.26 bits per heavy atom. The van der Waals surface area contributed by atoms with Gasteiger partial charge < -0.3 is 9.64 Å². The van der Waals surface area contributed by atoms with Gasteiger partial charge in [0.15, 0.2) is 11.4 Å². The Morgan fingerprint density at radius 1 is 1.47 bits per heavy atom. The number of thiazole rings is 1. The normalized spacial score (nSPS) is 10.7. The van der Waals surface area contributed by atoms with E-state index in [1.807, 2.05) is 24.1 Å². The van der Waals surface area contributed by atoms with Crippen molar-refractivity contribution in [1.82, 2.24) is 4.98 Å². The molecule has 0 bridgehead atoms. The number of halogens is 1. The maximum absolute atomic E-state index is 11.0. The van der Waals surface area contributed by atoms with Gasteiger partial charge in [-0.2, -0.15) is 0 Å². The van der Waals surface area contributed by atoms with Crippen molar-refractivity contribution in [2.45, 2.75) is 13.2 Å². The number of methoxy groups -OCH3 is 1. The number of thiophene rings is 1.